The Morgan fingerprint density at radius 3 is 2.71 bits per heavy atom. The minimum Gasteiger partial charge on any atom is -0.455 e. The van der Waals surface area contributed by atoms with Crippen molar-refractivity contribution in [3.8, 4) is 0 Å². The number of thiazole rings is 1. The van der Waals surface area contributed by atoms with Gasteiger partial charge in [0, 0.05) is 5.69 Å². The number of benzene rings is 2. The van der Waals surface area contributed by atoms with Crippen LogP contribution in [-0.2, 0) is 14.3 Å². The number of ether oxygens (including phenoxy) is 1. The normalized spacial score (nSPS) is 11.9. The highest BCUT2D eigenvalue weighted by Gasteiger charge is 2.13. The van der Waals surface area contributed by atoms with Crippen molar-refractivity contribution in [1.29, 1.82) is 0 Å². The van der Waals surface area contributed by atoms with Crippen molar-refractivity contribution in [2.24, 2.45) is 0 Å². The molecule has 0 saturated carbocycles. The Bertz CT molecular complexity index is 938. The second-order valence-corrected chi connectivity index (χ2v) is 8.59. The number of carbonyl (C=O) groups is 2. The molecular weight excluding hydrogens is 392 g/mol. The fraction of sp³-hybridized carbons (Fsp3) is 0.286. The zero-order valence-corrected chi connectivity index (χ0v) is 17.4. The smallest absolute Gasteiger partial charge is 0.316 e. The van der Waals surface area contributed by atoms with Gasteiger partial charge in [0.2, 0.25) is 0 Å². The number of rotatable bonds is 8. The summed E-state index contributed by atoms with van der Waals surface area (Å²) in [5.74, 6) is -0.315. The highest BCUT2D eigenvalue weighted by atomic mass is 32.2. The van der Waals surface area contributed by atoms with E-state index in [2.05, 4.69) is 24.1 Å². The van der Waals surface area contributed by atoms with Crippen LogP contribution in [0.15, 0.2) is 52.9 Å². The predicted molar refractivity (Wildman–Crippen MR) is 115 cm³/mol. The lowest BCUT2D eigenvalue weighted by atomic mass is 9.97. The number of aromatic nitrogens is 1. The van der Waals surface area contributed by atoms with Gasteiger partial charge in [-0.25, -0.2) is 4.98 Å². The number of hydrogen-bond donors (Lipinski definition) is 1. The molecule has 28 heavy (non-hydrogen) atoms. The molecule has 3 rings (SSSR count). The number of fused-ring (bicyclic) bond motifs is 1. The number of nitrogens with one attached hydrogen (secondary N) is 1. The van der Waals surface area contributed by atoms with Crippen LogP contribution in [-0.4, -0.2) is 29.2 Å². The molecule has 1 atom stereocenters. The van der Waals surface area contributed by atoms with Crippen molar-refractivity contribution in [3.63, 3.8) is 0 Å². The Balaban J connectivity index is 1.47. The van der Waals surface area contributed by atoms with Gasteiger partial charge in [-0.05, 0) is 36.1 Å². The molecule has 0 radical (unpaired) electrons. The van der Waals surface area contributed by atoms with E-state index in [0.29, 0.717) is 5.92 Å². The minimum atomic E-state index is -0.436. The first-order chi connectivity index (χ1) is 13.6. The summed E-state index contributed by atoms with van der Waals surface area (Å²) in [5, 5.41) is 2.84. The van der Waals surface area contributed by atoms with Crippen LogP contribution in [0.1, 0.15) is 31.7 Å². The number of para-hydroxylation sites is 2. The summed E-state index contributed by atoms with van der Waals surface area (Å²) in [4.78, 5) is 28.6. The molecule has 0 aliphatic carbocycles. The molecule has 1 N–H and O–H groups in total. The molecule has 0 fully saturated rings. The average Bonchev–Trinajstić information content (AvgIpc) is 3.13. The van der Waals surface area contributed by atoms with Gasteiger partial charge in [0.15, 0.2) is 10.9 Å². The SMILES string of the molecule is CC[C@@H](C)c1ccccc1NC(=O)COC(=O)CSc1nc2ccccc2s1. The van der Waals surface area contributed by atoms with Gasteiger partial charge in [-0.1, -0.05) is 55.9 Å². The van der Waals surface area contributed by atoms with E-state index < -0.39 is 5.97 Å². The van der Waals surface area contributed by atoms with Gasteiger partial charge >= 0.3 is 5.97 Å². The van der Waals surface area contributed by atoms with Gasteiger partial charge < -0.3 is 10.1 Å². The van der Waals surface area contributed by atoms with Crippen molar-refractivity contribution < 1.29 is 14.3 Å². The number of esters is 1. The topological polar surface area (TPSA) is 68.3 Å². The van der Waals surface area contributed by atoms with E-state index in [1.54, 1.807) is 0 Å². The highest BCUT2D eigenvalue weighted by molar-refractivity contribution is 8.01. The van der Waals surface area contributed by atoms with Crippen LogP contribution in [0.3, 0.4) is 0 Å². The largest absolute Gasteiger partial charge is 0.455 e. The highest BCUT2D eigenvalue weighted by Crippen LogP contribution is 2.29. The quantitative estimate of drug-likeness (QED) is 0.411. The third-order valence-electron chi connectivity index (χ3n) is 4.33. The van der Waals surface area contributed by atoms with Crippen molar-refractivity contribution in [2.75, 3.05) is 17.7 Å². The van der Waals surface area contributed by atoms with Crippen LogP contribution in [0.2, 0.25) is 0 Å². The van der Waals surface area contributed by atoms with Crippen LogP contribution in [0.5, 0.6) is 0 Å². The molecule has 0 aliphatic heterocycles. The van der Waals surface area contributed by atoms with Crippen molar-refractivity contribution >= 4 is 50.9 Å². The maximum atomic E-state index is 12.2. The van der Waals surface area contributed by atoms with Crippen molar-refractivity contribution in [3.05, 3.63) is 54.1 Å². The maximum Gasteiger partial charge on any atom is 0.316 e. The summed E-state index contributed by atoms with van der Waals surface area (Å²) >= 11 is 2.86. The van der Waals surface area contributed by atoms with E-state index in [-0.39, 0.29) is 18.3 Å². The number of anilines is 1. The second kappa shape index (κ2) is 9.71. The summed E-state index contributed by atoms with van der Waals surface area (Å²) in [6.07, 6.45) is 0.977. The first-order valence-corrected chi connectivity index (χ1v) is 10.9. The first kappa shape index (κ1) is 20.4. The fourth-order valence-corrected chi connectivity index (χ4v) is 4.53. The molecule has 1 aromatic heterocycles. The number of carbonyl (C=O) groups excluding carboxylic acids is 2. The third kappa shape index (κ3) is 5.33. The molecule has 0 bridgehead atoms. The summed E-state index contributed by atoms with van der Waals surface area (Å²) in [6, 6.07) is 15.5. The molecular formula is C21H22N2O3S2. The Hall–Kier alpha value is -2.38. The van der Waals surface area contributed by atoms with Crippen LogP contribution < -0.4 is 5.32 Å². The molecule has 2 aromatic carbocycles. The maximum absolute atomic E-state index is 12.2. The molecule has 3 aromatic rings. The molecule has 0 aliphatic rings. The number of amides is 1. The Labute approximate surface area is 172 Å². The predicted octanol–water partition coefficient (Wildman–Crippen LogP) is 5.08. The molecule has 1 amide bonds. The third-order valence-corrected chi connectivity index (χ3v) is 6.48. The molecule has 0 saturated heterocycles. The number of nitrogens with zero attached hydrogens (tertiary/aromatic N) is 1. The lowest BCUT2D eigenvalue weighted by Crippen LogP contribution is -2.22. The van der Waals surface area contributed by atoms with Crippen LogP contribution in [0, 0.1) is 0 Å². The Morgan fingerprint density at radius 2 is 1.93 bits per heavy atom. The van der Waals surface area contributed by atoms with E-state index in [1.807, 2.05) is 48.5 Å². The summed E-state index contributed by atoms with van der Waals surface area (Å²) in [7, 11) is 0. The van der Waals surface area contributed by atoms with Gasteiger partial charge in [0.25, 0.3) is 5.91 Å². The standard InChI is InChI=1S/C21H22N2O3S2/c1-3-14(2)15-8-4-5-9-16(15)22-19(24)12-26-20(25)13-27-21-23-17-10-6-7-11-18(17)28-21/h4-11,14H,3,12-13H2,1-2H3,(H,22,24)/t14-/m1/s1. The Kier molecular flexibility index (Phi) is 7.06. The fourth-order valence-electron chi connectivity index (χ4n) is 2.67. The molecule has 0 unspecified atom stereocenters. The number of thioether (sulfide) groups is 1. The van der Waals surface area contributed by atoms with E-state index in [4.69, 9.17) is 4.74 Å². The van der Waals surface area contributed by atoms with Crippen molar-refractivity contribution in [1.82, 2.24) is 4.98 Å². The molecule has 5 nitrogen and oxygen atoms in total. The lowest BCUT2D eigenvalue weighted by molar-refractivity contribution is -0.144. The Morgan fingerprint density at radius 1 is 1.18 bits per heavy atom. The van der Waals surface area contributed by atoms with E-state index >= 15 is 0 Å². The molecule has 1 heterocycles. The zero-order valence-electron chi connectivity index (χ0n) is 15.8. The van der Waals surface area contributed by atoms with Crippen molar-refractivity contribution in [2.45, 2.75) is 30.5 Å². The minimum absolute atomic E-state index is 0.122. The first-order valence-electron chi connectivity index (χ1n) is 9.09. The van der Waals surface area contributed by atoms with Crippen LogP contribution in [0.25, 0.3) is 10.2 Å². The summed E-state index contributed by atoms with van der Waals surface area (Å²) in [6.45, 7) is 3.92. The molecule has 146 valence electrons. The van der Waals surface area contributed by atoms with Gasteiger partial charge in [0.1, 0.15) is 0 Å². The summed E-state index contributed by atoms with van der Waals surface area (Å²) < 4.78 is 7.00. The van der Waals surface area contributed by atoms with Gasteiger partial charge in [-0.2, -0.15) is 0 Å². The van der Waals surface area contributed by atoms with E-state index in [1.165, 1.54) is 23.1 Å². The lowest BCUT2D eigenvalue weighted by Gasteiger charge is -2.15. The van der Waals surface area contributed by atoms with Crippen LogP contribution in [0.4, 0.5) is 5.69 Å². The molecule has 0 spiro atoms. The summed E-state index contributed by atoms with van der Waals surface area (Å²) in [5.41, 5.74) is 2.76. The molecule has 7 heteroatoms. The van der Waals surface area contributed by atoms with E-state index in [0.717, 1.165) is 32.2 Å². The van der Waals surface area contributed by atoms with Crippen LogP contribution >= 0.6 is 23.1 Å². The van der Waals surface area contributed by atoms with Gasteiger partial charge in [-0.15, -0.1) is 11.3 Å². The number of hydrogen-bond acceptors (Lipinski definition) is 6. The van der Waals surface area contributed by atoms with E-state index in [9.17, 15) is 9.59 Å². The van der Waals surface area contributed by atoms with Gasteiger partial charge in [0.05, 0.1) is 16.0 Å². The van der Waals surface area contributed by atoms with Gasteiger partial charge in [-0.3, -0.25) is 9.59 Å². The zero-order chi connectivity index (χ0) is 19.9. The monoisotopic (exact) mass is 414 g/mol. The second-order valence-electron chi connectivity index (χ2n) is 6.34. The average molecular weight is 415 g/mol.